The number of nitrogens with zero attached hydrogens (tertiary/aromatic N) is 6. The Balaban J connectivity index is 1.40. The highest BCUT2D eigenvalue weighted by molar-refractivity contribution is 7.86. The molecule has 1 saturated heterocycles. The largest absolute Gasteiger partial charge is 0.476 e. The van der Waals surface area contributed by atoms with Crippen molar-refractivity contribution in [1.29, 1.82) is 0 Å². The third kappa shape index (κ3) is 3.21. The number of aromatic nitrogens is 4. The normalized spacial score (nSPS) is 22.1. The number of ether oxygens (including phenoxy) is 1. The molecule has 25 heavy (non-hydrogen) atoms. The number of rotatable bonds is 6. The lowest BCUT2D eigenvalue weighted by atomic mass is 10.1. The molecular weight excluding hydrogens is 344 g/mol. The Kier molecular flexibility index (Phi) is 4.13. The molecule has 0 amide bonds. The maximum absolute atomic E-state index is 12.2. The van der Waals surface area contributed by atoms with E-state index in [9.17, 15) is 8.42 Å². The Morgan fingerprint density at radius 2 is 2.04 bits per heavy atom. The molecule has 0 radical (unpaired) electrons. The molecule has 1 unspecified atom stereocenters. The molecule has 9 nitrogen and oxygen atoms in total. The summed E-state index contributed by atoms with van der Waals surface area (Å²) in [6, 6.07) is 3.63. The lowest BCUT2D eigenvalue weighted by molar-refractivity contribution is 0.242. The van der Waals surface area contributed by atoms with Gasteiger partial charge in [-0.25, -0.2) is 0 Å². The Hall–Kier alpha value is -1.78. The summed E-state index contributed by atoms with van der Waals surface area (Å²) < 4.78 is 34.6. The van der Waals surface area contributed by atoms with Gasteiger partial charge in [-0.05, 0) is 25.3 Å². The Morgan fingerprint density at radius 3 is 2.76 bits per heavy atom. The topological polar surface area (TPSA) is 92.9 Å². The van der Waals surface area contributed by atoms with Crippen molar-refractivity contribution in [2.24, 2.45) is 5.92 Å². The molecule has 3 heterocycles. The summed E-state index contributed by atoms with van der Waals surface area (Å²) >= 11 is 0. The van der Waals surface area contributed by atoms with Crippen molar-refractivity contribution >= 4 is 15.9 Å². The second kappa shape index (κ2) is 6.19. The third-order valence-corrected chi connectivity index (χ3v) is 6.62. The number of hydrogen-bond donors (Lipinski definition) is 0. The molecule has 2 aliphatic rings. The van der Waals surface area contributed by atoms with Crippen LogP contribution in [0.25, 0.3) is 5.65 Å². The van der Waals surface area contributed by atoms with E-state index < -0.39 is 10.2 Å². The van der Waals surface area contributed by atoms with Crippen molar-refractivity contribution in [3.05, 3.63) is 18.0 Å². The maximum Gasteiger partial charge on any atom is 0.281 e. The summed E-state index contributed by atoms with van der Waals surface area (Å²) in [5.74, 6) is 2.03. The number of fused-ring (bicyclic) bond motifs is 1. The van der Waals surface area contributed by atoms with Gasteiger partial charge in [0.1, 0.15) is 0 Å². The van der Waals surface area contributed by atoms with Gasteiger partial charge in [0, 0.05) is 45.1 Å². The van der Waals surface area contributed by atoms with Crippen LogP contribution >= 0.6 is 0 Å². The molecule has 1 aliphatic carbocycles. The van der Waals surface area contributed by atoms with Crippen LogP contribution in [0.2, 0.25) is 0 Å². The Morgan fingerprint density at radius 1 is 1.24 bits per heavy atom. The van der Waals surface area contributed by atoms with Gasteiger partial charge in [-0.1, -0.05) is 0 Å². The van der Waals surface area contributed by atoms with Gasteiger partial charge >= 0.3 is 0 Å². The standard InChI is InChI=1S/C15H22N6O3S/c1-19(2)25(22,23)20-8-7-11(9-20)10-24-14-6-5-13-16-17-15(12-3-4-12)21(13)18-14/h5-6,11-12H,3-4,7-10H2,1-2H3. The van der Waals surface area contributed by atoms with E-state index in [4.69, 9.17) is 4.74 Å². The molecule has 10 heteroatoms. The van der Waals surface area contributed by atoms with Crippen LogP contribution in [0.1, 0.15) is 31.0 Å². The van der Waals surface area contributed by atoms with E-state index in [-0.39, 0.29) is 5.92 Å². The van der Waals surface area contributed by atoms with Crippen LogP contribution in [-0.2, 0) is 10.2 Å². The summed E-state index contributed by atoms with van der Waals surface area (Å²) in [7, 11) is -0.246. The molecule has 1 aliphatic heterocycles. The highest BCUT2D eigenvalue weighted by Crippen LogP contribution is 2.38. The van der Waals surface area contributed by atoms with E-state index in [1.165, 1.54) is 8.61 Å². The van der Waals surface area contributed by atoms with Crippen LogP contribution in [0.3, 0.4) is 0 Å². The molecular formula is C15H22N6O3S. The average Bonchev–Trinajstić information content (AvgIpc) is 3.16. The van der Waals surface area contributed by atoms with E-state index in [0.717, 1.165) is 30.7 Å². The zero-order chi connectivity index (χ0) is 17.6. The van der Waals surface area contributed by atoms with Crippen molar-refractivity contribution in [1.82, 2.24) is 28.4 Å². The second-order valence-corrected chi connectivity index (χ2v) is 9.03. The van der Waals surface area contributed by atoms with Gasteiger partial charge in [0.2, 0.25) is 5.88 Å². The minimum absolute atomic E-state index is 0.163. The smallest absolute Gasteiger partial charge is 0.281 e. The van der Waals surface area contributed by atoms with Crippen molar-refractivity contribution in [3.63, 3.8) is 0 Å². The molecule has 0 aromatic carbocycles. The summed E-state index contributed by atoms with van der Waals surface area (Å²) in [6.45, 7) is 1.44. The Bertz CT molecular complexity index is 877. The van der Waals surface area contributed by atoms with Crippen LogP contribution in [0, 0.1) is 5.92 Å². The van der Waals surface area contributed by atoms with E-state index in [0.29, 0.717) is 31.5 Å². The van der Waals surface area contributed by atoms with Gasteiger partial charge in [-0.15, -0.1) is 15.3 Å². The van der Waals surface area contributed by atoms with Crippen LogP contribution < -0.4 is 4.74 Å². The monoisotopic (exact) mass is 366 g/mol. The van der Waals surface area contributed by atoms with Crippen LogP contribution in [0.15, 0.2) is 12.1 Å². The van der Waals surface area contributed by atoms with Crippen molar-refractivity contribution in [2.75, 3.05) is 33.8 Å². The molecule has 0 spiro atoms. The number of hydrogen-bond acceptors (Lipinski definition) is 6. The zero-order valence-corrected chi connectivity index (χ0v) is 15.2. The molecule has 2 fully saturated rings. The van der Waals surface area contributed by atoms with Crippen molar-refractivity contribution < 1.29 is 13.2 Å². The average molecular weight is 366 g/mol. The highest BCUT2D eigenvalue weighted by Gasteiger charge is 2.33. The van der Waals surface area contributed by atoms with E-state index in [2.05, 4.69) is 15.3 Å². The minimum atomic E-state index is -3.35. The van der Waals surface area contributed by atoms with Gasteiger partial charge in [0.15, 0.2) is 11.5 Å². The zero-order valence-electron chi connectivity index (χ0n) is 14.4. The first-order valence-corrected chi connectivity index (χ1v) is 9.87. The summed E-state index contributed by atoms with van der Waals surface area (Å²) in [5.41, 5.74) is 0.721. The lowest BCUT2D eigenvalue weighted by Gasteiger charge is -2.20. The van der Waals surface area contributed by atoms with Gasteiger partial charge < -0.3 is 4.74 Å². The van der Waals surface area contributed by atoms with Gasteiger partial charge in [0.25, 0.3) is 10.2 Å². The fraction of sp³-hybridized carbons (Fsp3) is 0.667. The molecule has 0 N–H and O–H groups in total. The van der Waals surface area contributed by atoms with E-state index >= 15 is 0 Å². The maximum atomic E-state index is 12.2. The summed E-state index contributed by atoms with van der Waals surface area (Å²) in [4.78, 5) is 0. The highest BCUT2D eigenvalue weighted by atomic mass is 32.2. The first kappa shape index (κ1) is 16.7. The molecule has 1 saturated carbocycles. The Labute approximate surface area is 146 Å². The fourth-order valence-corrected chi connectivity index (χ4v) is 4.24. The van der Waals surface area contributed by atoms with Crippen molar-refractivity contribution in [2.45, 2.75) is 25.2 Å². The fourth-order valence-electron chi connectivity index (χ4n) is 3.04. The summed E-state index contributed by atoms with van der Waals surface area (Å²) in [5, 5.41) is 12.8. The molecule has 2 aromatic heterocycles. The quantitative estimate of drug-likeness (QED) is 0.739. The predicted octanol–water partition coefficient (Wildman–Crippen LogP) is 0.509. The van der Waals surface area contributed by atoms with Gasteiger partial charge in [-0.2, -0.15) is 21.5 Å². The molecule has 136 valence electrons. The molecule has 0 bridgehead atoms. The molecule has 1 atom stereocenters. The van der Waals surface area contributed by atoms with Crippen LogP contribution in [0.5, 0.6) is 5.88 Å². The van der Waals surface area contributed by atoms with E-state index in [1.807, 2.05) is 6.07 Å². The van der Waals surface area contributed by atoms with Crippen LogP contribution in [0.4, 0.5) is 0 Å². The minimum Gasteiger partial charge on any atom is -0.476 e. The van der Waals surface area contributed by atoms with Crippen LogP contribution in [-0.4, -0.2) is 70.6 Å². The third-order valence-electron chi connectivity index (χ3n) is 4.71. The summed E-state index contributed by atoms with van der Waals surface area (Å²) in [6.07, 6.45) is 3.05. The van der Waals surface area contributed by atoms with Crippen molar-refractivity contribution in [3.8, 4) is 5.88 Å². The second-order valence-electron chi connectivity index (χ2n) is 6.89. The van der Waals surface area contributed by atoms with Gasteiger partial charge in [0.05, 0.1) is 6.61 Å². The SMILES string of the molecule is CN(C)S(=O)(=O)N1CCC(COc2ccc3nnc(C4CC4)n3n2)C1. The lowest BCUT2D eigenvalue weighted by Crippen LogP contribution is -2.38. The first-order chi connectivity index (χ1) is 11.9. The van der Waals surface area contributed by atoms with E-state index in [1.54, 1.807) is 24.7 Å². The van der Waals surface area contributed by atoms with Gasteiger partial charge in [-0.3, -0.25) is 0 Å². The molecule has 4 rings (SSSR count). The first-order valence-electron chi connectivity index (χ1n) is 8.48. The predicted molar refractivity (Wildman–Crippen MR) is 90.5 cm³/mol. The molecule has 2 aromatic rings.